The fourth-order valence-electron chi connectivity index (χ4n) is 9.78. The van der Waals surface area contributed by atoms with Crippen LogP contribution in [0.25, 0.3) is 66.4 Å². The standard InChI is InChI=1S/C54H41NO/c1-53(2)44-17-10-8-16-42(44)50-46(53)18-12-19-48(50)55(38-26-21-35(22-27-38)34-13-6-5-7-14-34)39-28-23-36(24-29-39)37-25-31-45-43(33-37)51-47(54(45,3)4)32-30-41-40-15-9-11-20-49(40)56-52(41)51/h5-33H,1-4H3. The molecule has 0 unspecified atom stereocenters. The molecule has 1 heterocycles. The normalized spacial score (nSPS) is 14.4. The number of hydrogen-bond acceptors (Lipinski definition) is 2. The van der Waals surface area contributed by atoms with E-state index >= 15 is 0 Å². The highest BCUT2D eigenvalue weighted by molar-refractivity contribution is 6.12. The van der Waals surface area contributed by atoms with Crippen molar-refractivity contribution in [3.63, 3.8) is 0 Å². The smallest absolute Gasteiger partial charge is 0.143 e. The quantitative estimate of drug-likeness (QED) is 0.176. The first kappa shape index (κ1) is 32.8. The maximum atomic E-state index is 6.61. The predicted octanol–water partition coefficient (Wildman–Crippen LogP) is 15.0. The number of nitrogens with zero attached hydrogens (tertiary/aromatic N) is 1. The second-order valence-electron chi connectivity index (χ2n) is 16.5. The number of furan rings is 1. The van der Waals surface area contributed by atoms with E-state index in [1.165, 1.54) is 83.2 Å². The molecule has 0 saturated heterocycles. The maximum absolute atomic E-state index is 6.61. The Morgan fingerprint density at radius 2 is 0.946 bits per heavy atom. The van der Waals surface area contributed by atoms with Crippen LogP contribution in [0, 0.1) is 0 Å². The van der Waals surface area contributed by atoms with Gasteiger partial charge < -0.3 is 9.32 Å². The summed E-state index contributed by atoms with van der Waals surface area (Å²) in [5, 5.41) is 2.34. The zero-order chi connectivity index (χ0) is 37.8. The van der Waals surface area contributed by atoms with Gasteiger partial charge in [0.1, 0.15) is 11.2 Å². The summed E-state index contributed by atoms with van der Waals surface area (Å²) in [4.78, 5) is 2.44. The van der Waals surface area contributed by atoms with Gasteiger partial charge in [-0.1, -0.05) is 161 Å². The molecule has 0 atom stereocenters. The zero-order valence-corrected chi connectivity index (χ0v) is 32.1. The van der Waals surface area contributed by atoms with E-state index in [1.807, 2.05) is 0 Å². The molecule has 0 saturated carbocycles. The Morgan fingerprint density at radius 1 is 0.393 bits per heavy atom. The molecule has 0 bridgehead atoms. The molecule has 9 aromatic rings. The van der Waals surface area contributed by atoms with Crippen molar-refractivity contribution >= 4 is 39.0 Å². The van der Waals surface area contributed by atoms with Crippen LogP contribution in [-0.2, 0) is 10.8 Å². The van der Waals surface area contributed by atoms with Crippen molar-refractivity contribution in [2.75, 3.05) is 4.90 Å². The Hall–Kier alpha value is -6.64. The third-order valence-electron chi connectivity index (χ3n) is 12.7. The lowest BCUT2D eigenvalue weighted by molar-refractivity contribution is 0.653. The Balaban J connectivity index is 1.04. The SMILES string of the molecule is CC1(C)c2ccccc2-c2c(N(c3ccc(-c4ccccc4)cc3)c3ccc(-c4ccc5c(c4)-c4c(ccc6c4oc4ccccc46)C5(C)C)cc3)cccc21. The number of para-hydroxylation sites is 1. The third-order valence-corrected chi connectivity index (χ3v) is 12.7. The molecule has 0 amide bonds. The van der Waals surface area contributed by atoms with Crippen molar-refractivity contribution in [1.29, 1.82) is 0 Å². The summed E-state index contributed by atoms with van der Waals surface area (Å²) < 4.78 is 6.61. The zero-order valence-electron chi connectivity index (χ0n) is 32.1. The summed E-state index contributed by atoms with van der Waals surface area (Å²) in [6.45, 7) is 9.37. The Labute approximate surface area is 328 Å². The molecule has 2 nitrogen and oxygen atoms in total. The molecule has 0 spiro atoms. The molecule has 11 rings (SSSR count). The predicted molar refractivity (Wildman–Crippen MR) is 234 cm³/mol. The van der Waals surface area contributed by atoms with Gasteiger partial charge in [-0.2, -0.15) is 0 Å². The summed E-state index contributed by atoms with van der Waals surface area (Å²) in [5.74, 6) is 0. The van der Waals surface area contributed by atoms with Crippen LogP contribution < -0.4 is 4.90 Å². The average molecular weight is 720 g/mol. The number of fused-ring (bicyclic) bond motifs is 10. The molecule has 2 aliphatic carbocycles. The summed E-state index contributed by atoms with van der Waals surface area (Å²) in [5.41, 5.74) is 20.4. The van der Waals surface area contributed by atoms with Gasteiger partial charge in [0.05, 0.1) is 5.69 Å². The van der Waals surface area contributed by atoms with Crippen LogP contribution in [0.1, 0.15) is 49.9 Å². The van der Waals surface area contributed by atoms with Crippen LogP contribution in [0.5, 0.6) is 0 Å². The lowest BCUT2D eigenvalue weighted by Crippen LogP contribution is -2.16. The summed E-state index contributed by atoms with van der Waals surface area (Å²) in [6.07, 6.45) is 0. The van der Waals surface area contributed by atoms with Crippen molar-refractivity contribution in [2.45, 2.75) is 38.5 Å². The molecule has 8 aromatic carbocycles. The third kappa shape index (κ3) is 4.69. The van der Waals surface area contributed by atoms with Gasteiger partial charge in [-0.15, -0.1) is 0 Å². The van der Waals surface area contributed by atoms with Gasteiger partial charge in [0.2, 0.25) is 0 Å². The fourth-order valence-corrected chi connectivity index (χ4v) is 9.78. The highest BCUT2D eigenvalue weighted by Gasteiger charge is 2.39. The van der Waals surface area contributed by atoms with Gasteiger partial charge in [-0.25, -0.2) is 0 Å². The van der Waals surface area contributed by atoms with E-state index in [0.717, 1.165) is 22.5 Å². The summed E-state index contributed by atoms with van der Waals surface area (Å²) in [7, 11) is 0. The average Bonchev–Trinajstić information content (AvgIpc) is 3.82. The molecule has 2 heteroatoms. The number of benzene rings is 8. The minimum Gasteiger partial charge on any atom is -0.455 e. The lowest BCUT2D eigenvalue weighted by Gasteiger charge is -2.29. The second-order valence-corrected chi connectivity index (χ2v) is 16.5. The van der Waals surface area contributed by atoms with Gasteiger partial charge in [0.25, 0.3) is 0 Å². The molecule has 1 aromatic heterocycles. The van der Waals surface area contributed by atoms with E-state index in [2.05, 4.69) is 209 Å². The van der Waals surface area contributed by atoms with E-state index in [4.69, 9.17) is 4.42 Å². The van der Waals surface area contributed by atoms with Gasteiger partial charge in [0, 0.05) is 44.1 Å². The van der Waals surface area contributed by atoms with E-state index in [0.29, 0.717) is 0 Å². The van der Waals surface area contributed by atoms with E-state index in [9.17, 15) is 0 Å². The molecule has 56 heavy (non-hydrogen) atoms. The monoisotopic (exact) mass is 719 g/mol. The van der Waals surface area contributed by atoms with Gasteiger partial charge in [0.15, 0.2) is 0 Å². The van der Waals surface area contributed by atoms with E-state index in [-0.39, 0.29) is 10.8 Å². The lowest BCUT2D eigenvalue weighted by atomic mass is 9.82. The van der Waals surface area contributed by atoms with Gasteiger partial charge in [-0.05, 0) is 98.1 Å². The first-order chi connectivity index (χ1) is 27.3. The Bertz CT molecular complexity index is 3000. The van der Waals surface area contributed by atoms with Crippen molar-refractivity contribution in [1.82, 2.24) is 0 Å². The van der Waals surface area contributed by atoms with Crippen molar-refractivity contribution in [2.24, 2.45) is 0 Å². The molecule has 0 aliphatic heterocycles. The molecule has 0 radical (unpaired) electrons. The van der Waals surface area contributed by atoms with E-state index in [1.54, 1.807) is 0 Å². The van der Waals surface area contributed by atoms with E-state index < -0.39 is 0 Å². The molecule has 2 aliphatic rings. The highest BCUT2D eigenvalue weighted by Crippen LogP contribution is 2.55. The van der Waals surface area contributed by atoms with Crippen LogP contribution in [0.4, 0.5) is 17.1 Å². The van der Waals surface area contributed by atoms with Gasteiger partial charge in [-0.3, -0.25) is 0 Å². The first-order valence-corrected chi connectivity index (χ1v) is 19.7. The van der Waals surface area contributed by atoms with Gasteiger partial charge >= 0.3 is 0 Å². The van der Waals surface area contributed by atoms with Crippen LogP contribution in [-0.4, -0.2) is 0 Å². The Morgan fingerprint density at radius 3 is 1.70 bits per heavy atom. The first-order valence-electron chi connectivity index (χ1n) is 19.7. The fraction of sp³-hybridized carbons (Fsp3) is 0.111. The molecular weight excluding hydrogens is 679 g/mol. The number of hydrogen-bond donors (Lipinski definition) is 0. The second kappa shape index (κ2) is 11.9. The summed E-state index contributed by atoms with van der Waals surface area (Å²) >= 11 is 0. The molecule has 0 N–H and O–H groups in total. The largest absolute Gasteiger partial charge is 0.455 e. The van der Waals surface area contributed by atoms with Crippen molar-refractivity contribution in [3.8, 4) is 44.5 Å². The van der Waals surface area contributed by atoms with Crippen LogP contribution in [0.2, 0.25) is 0 Å². The van der Waals surface area contributed by atoms with Crippen LogP contribution in [0.15, 0.2) is 180 Å². The molecular formula is C54H41NO. The molecule has 268 valence electrons. The number of anilines is 3. The van der Waals surface area contributed by atoms with Crippen LogP contribution in [0.3, 0.4) is 0 Å². The summed E-state index contributed by atoms with van der Waals surface area (Å²) in [6, 6.07) is 64.5. The maximum Gasteiger partial charge on any atom is 0.143 e. The van der Waals surface area contributed by atoms with Crippen molar-refractivity contribution in [3.05, 3.63) is 198 Å². The highest BCUT2D eigenvalue weighted by atomic mass is 16.3. The molecule has 0 fully saturated rings. The minimum atomic E-state index is -0.125. The van der Waals surface area contributed by atoms with Crippen molar-refractivity contribution < 1.29 is 4.42 Å². The number of rotatable bonds is 5. The Kier molecular flexibility index (Phi) is 6.98. The minimum absolute atomic E-state index is 0.0939. The van der Waals surface area contributed by atoms with Crippen LogP contribution >= 0.6 is 0 Å². The topological polar surface area (TPSA) is 16.4 Å².